The van der Waals surface area contributed by atoms with Gasteiger partial charge in [-0.2, -0.15) is 5.26 Å². The van der Waals surface area contributed by atoms with Crippen LogP contribution < -0.4 is 15.0 Å². The molecule has 0 aromatic heterocycles. The molecule has 1 heterocycles. The molecule has 1 aliphatic rings. The Kier molecular flexibility index (Phi) is 13.6. The number of nitrogens with one attached hydrogen (secondary N) is 1. The molecule has 0 spiro atoms. The van der Waals surface area contributed by atoms with Gasteiger partial charge in [-0.15, -0.1) is 6.58 Å². The SMILES string of the molecule is C=C(C)CC(C)CC(=C)Nc1ccc2c(c1)OC(CC)C(=O)N2CC.CC.Cc1ccc(C#N)c(Cl)c1. The lowest BCUT2D eigenvalue weighted by Gasteiger charge is -2.33. The van der Waals surface area contributed by atoms with Gasteiger partial charge in [0, 0.05) is 24.0 Å². The lowest BCUT2D eigenvalue weighted by atomic mass is 9.98. The van der Waals surface area contributed by atoms with Crippen LogP contribution in [0.25, 0.3) is 0 Å². The maximum atomic E-state index is 12.4. The molecule has 6 heteroatoms. The summed E-state index contributed by atoms with van der Waals surface area (Å²) in [5.74, 6) is 1.29. The van der Waals surface area contributed by atoms with Crippen LogP contribution in [0.5, 0.6) is 5.75 Å². The van der Waals surface area contributed by atoms with Gasteiger partial charge in [0.25, 0.3) is 5.91 Å². The van der Waals surface area contributed by atoms with Crippen LogP contribution in [0.3, 0.4) is 0 Å². The molecule has 5 nitrogen and oxygen atoms in total. The lowest BCUT2D eigenvalue weighted by Crippen LogP contribution is -2.45. The number of nitrogens with zero attached hydrogens (tertiary/aromatic N) is 2. The van der Waals surface area contributed by atoms with Crippen molar-refractivity contribution in [2.24, 2.45) is 5.92 Å². The Morgan fingerprint density at radius 3 is 2.41 bits per heavy atom. The molecule has 2 aromatic carbocycles. The second-order valence-electron chi connectivity index (χ2n) is 9.07. The van der Waals surface area contributed by atoms with Crippen molar-refractivity contribution in [2.75, 3.05) is 16.8 Å². The average Bonchev–Trinajstić information content (AvgIpc) is 2.85. The minimum Gasteiger partial charge on any atom is -0.478 e. The second kappa shape index (κ2) is 15.8. The number of rotatable bonds is 8. The molecule has 0 fully saturated rings. The minimum absolute atomic E-state index is 0.0382. The summed E-state index contributed by atoms with van der Waals surface area (Å²) < 4.78 is 5.91. The highest BCUT2D eigenvalue weighted by Crippen LogP contribution is 2.37. The summed E-state index contributed by atoms with van der Waals surface area (Å²) in [4.78, 5) is 14.2. The third kappa shape index (κ3) is 9.63. The summed E-state index contributed by atoms with van der Waals surface area (Å²) in [6.45, 7) is 22.9. The van der Waals surface area contributed by atoms with Crippen LogP contribution in [-0.2, 0) is 4.79 Å². The molecule has 200 valence electrons. The van der Waals surface area contributed by atoms with Crippen molar-refractivity contribution in [1.82, 2.24) is 0 Å². The van der Waals surface area contributed by atoms with Crippen molar-refractivity contribution >= 4 is 28.9 Å². The molecular formula is C31H42ClN3O2. The third-order valence-electron chi connectivity index (χ3n) is 5.61. The first-order chi connectivity index (χ1) is 17.6. The number of ether oxygens (including phenoxy) is 1. The standard InChI is InChI=1S/C21H30N2O2.C8H6ClN.C2H6/c1-7-19-21(24)23(8-2)18-10-9-17(13-20(18)25-19)22-16(6)12-15(5)11-14(3)4;1-6-2-3-7(5-10)8(9)4-6;1-2/h9-10,13,15,19,22H,3,6-8,11-12H2,1-2,4-5H3;2-4H,1H3;1-2H3. The van der Waals surface area contributed by atoms with Crippen LogP contribution in [0, 0.1) is 24.2 Å². The second-order valence-corrected chi connectivity index (χ2v) is 9.48. The summed E-state index contributed by atoms with van der Waals surface area (Å²) in [5, 5.41) is 12.4. The first-order valence-corrected chi connectivity index (χ1v) is 13.3. The van der Waals surface area contributed by atoms with E-state index in [1.807, 2.05) is 65.0 Å². The number of halogens is 1. The lowest BCUT2D eigenvalue weighted by molar-refractivity contribution is -0.126. The number of hydrogen-bond acceptors (Lipinski definition) is 4. The van der Waals surface area contributed by atoms with Crippen LogP contribution in [0.15, 0.2) is 60.8 Å². The Labute approximate surface area is 228 Å². The first-order valence-electron chi connectivity index (χ1n) is 13.0. The monoisotopic (exact) mass is 523 g/mol. The number of benzene rings is 2. The number of carbonyl (C=O) groups is 1. The maximum Gasteiger partial charge on any atom is 0.268 e. The molecule has 1 aliphatic heterocycles. The predicted octanol–water partition coefficient (Wildman–Crippen LogP) is 8.67. The summed E-state index contributed by atoms with van der Waals surface area (Å²) >= 11 is 5.71. The molecule has 1 amide bonds. The van der Waals surface area contributed by atoms with Gasteiger partial charge in [0.1, 0.15) is 11.8 Å². The van der Waals surface area contributed by atoms with Crippen molar-refractivity contribution in [3.63, 3.8) is 0 Å². The molecular weight excluding hydrogens is 482 g/mol. The van der Waals surface area contributed by atoms with Gasteiger partial charge in [0.05, 0.1) is 16.3 Å². The van der Waals surface area contributed by atoms with Crippen molar-refractivity contribution in [3.8, 4) is 11.8 Å². The largest absolute Gasteiger partial charge is 0.478 e. The topological polar surface area (TPSA) is 65.4 Å². The number of anilines is 2. The first kappa shape index (κ1) is 31.8. The molecule has 2 atom stereocenters. The molecule has 0 radical (unpaired) electrons. The zero-order valence-corrected chi connectivity index (χ0v) is 24.2. The zero-order valence-electron chi connectivity index (χ0n) is 23.5. The molecule has 0 saturated heterocycles. The van der Waals surface area contributed by atoms with E-state index in [0.29, 0.717) is 29.5 Å². The normalized spacial score (nSPS) is 14.4. The summed E-state index contributed by atoms with van der Waals surface area (Å²) in [6, 6.07) is 13.2. The highest BCUT2D eigenvalue weighted by atomic mass is 35.5. The number of amides is 1. The van der Waals surface area contributed by atoms with Crippen molar-refractivity contribution in [2.45, 2.75) is 73.8 Å². The van der Waals surface area contributed by atoms with Crippen LogP contribution in [0.2, 0.25) is 5.02 Å². The molecule has 3 rings (SSSR count). The fourth-order valence-corrected chi connectivity index (χ4v) is 4.32. The minimum atomic E-state index is -0.401. The molecule has 1 N–H and O–H groups in total. The predicted molar refractivity (Wildman–Crippen MR) is 157 cm³/mol. The van der Waals surface area contributed by atoms with Gasteiger partial charge in [-0.05, 0) is 75.8 Å². The quantitative estimate of drug-likeness (QED) is 0.351. The van der Waals surface area contributed by atoms with Gasteiger partial charge in [0.2, 0.25) is 0 Å². The third-order valence-corrected chi connectivity index (χ3v) is 5.92. The van der Waals surface area contributed by atoms with Crippen LogP contribution in [0.1, 0.15) is 71.9 Å². The Balaban J connectivity index is 0.000000475. The van der Waals surface area contributed by atoms with Gasteiger partial charge >= 0.3 is 0 Å². The van der Waals surface area contributed by atoms with E-state index in [0.717, 1.165) is 41.2 Å². The average molecular weight is 524 g/mol. The van der Waals surface area contributed by atoms with Gasteiger partial charge in [-0.25, -0.2) is 0 Å². The van der Waals surface area contributed by atoms with E-state index in [-0.39, 0.29) is 5.91 Å². The highest BCUT2D eigenvalue weighted by molar-refractivity contribution is 6.31. The number of carbonyl (C=O) groups excluding carboxylic acids is 1. The van der Waals surface area contributed by atoms with E-state index in [9.17, 15) is 4.79 Å². The van der Waals surface area contributed by atoms with E-state index in [4.69, 9.17) is 21.6 Å². The van der Waals surface area contributed by atoms with E-state index in [2.05, 4.69) is 32.3 Å². The van der Waals surface area contributed by atoms with E-state index in [1.165, 1.54) is 5.57 Å². The van der Waals surface area contributed by atoms with E-state index >= 15 is 0 Å². The number of hydrogen-bond donors (Lipinski definition) is 1. The zero-order chi connectivity index (χ0) is 28.1. The summed E-state index contributed by atoms with van der Waals surface area (Å²) in [5.41, 5.74) is 5.55. The highest BCUT2D eigenvalue weighted by Gasteiger charge is 2.32. The fourth-order valence-electron chi connectivity index (χ4n) is 4.04. The maximum absolute atomic E-state index is 12.4. The number of aryl methyl sites for hydroxylation is 1. The smallest absolute Gasteiger partial charge is 0.268 e. The molecule has 2 aromatic rings. The van der Waals surface area contributed by atoms with Gasteiger partial charge in [-0.3, -0.25) is 4.79 Å². The fraction of sp³-hybridized carbons (Fsp3) is 0.419. The van der Waals surface area contributed by atoms with Crippen LogP contribution in [-0.4, -0.2) is 18.6 Å². The van der Waals surface area contributed by atoms with Crippen molar-refractivity contribution in [3.05, 3.63) is 77.0 Å². The summed E-state index contributed by atoms with van der Waals surface area (Å²) in [7, 11) is 0. The Morgan fingerprint density at radius 1 is 1.19 bits per heavy atom. The van der Waals surface area contributed by atoms with Gasteiger partial charge in [-0.1, -0.05) is 57.5 Å². The number of allylic oxidation sites excluding steroid dienone is 2. The molecule has 0 saturated carbocycles. The van der Waals surface area contributed by atoms with Crippen molar-refractivity contribution in [1.29, 1.82) is 5.26 Å². The Hall–Kier alpha value is -3.23. The molecule has 2 unspecified atom stereocenters. The Bertz CT molecular complexity index is 1120. The van der Waals surface area contributed by atoms with Gasteiger partial charge in [0.15, 0.2) is 6.10 Å². The number of nitriles is 1. The summed E-state index contributed by atoms with van der Waals surface area (Å²) in [6.07, 6.45) is 2.15. The van der Waals surface area contributed by atoms with Crippen molar-refractivity contribution < 1.29 is 9.53 Å². The van der Waals surface area contributed by atoms with Gasteiger partial charge < -0.3 is 15.0 Å². The number of fused-ring (bicyclic) bond motifs is 1. The number of likely N-dealkylation sites (N-methyl/N-ethyl adjacent to an activating group) is 1. The van der Waals surface area contributed by atoms with Crippen LogP contribution in [0.4, 0.5) is 11.4 Å². The Morgan fingerprint density at radius 2 is 1.86 bits per heavy atom. The molecule has 37 heavy (non-hydrogen) atoms. The van der Waals surface area contributed by atoms with E-state index in [1.54, 1.807) is 17.0 Å². The molecule has 0 bridgehead atoms. The van der Waals surface area contributed by atoms with E-state index < -0.39 is 6.10 Å². The molecule has 0 aliphatic carbocycles. The van der Waals surface area contributed by atoms with Crippen LogP contribution >= 0.6 is 11.6 Å².